The van der Waals surface area contributed by atoms with E-state index in [1.54, 1.807) is 11.3 Å². The second-order valence-electron chi connectivity index (χ2n) is 6.39. The van der Waals surface area contributed by atoms with Crippen LogP contribution in [0.1, 0.15) is 28.1 Å². The van der Waals surface area contributed by atoms with Crippen molar-refractivity contribution in [2.24, 2.45) is 0 Å². The predicted molar refractivity (Wildman–Crippen MR) is 99.5 cm³/mol. The van der Waals surface area contributed by atoms with E-state index >= 15 is 0 Å². The zero-order valence-corrected chi connectivity index (χ0v) is 15.2. The normalized spacial score (nSPS) is 15.6. The summed E-state index contributed by atoms with van der Waals surface area (Å²) in [7, 11) is 0. The van der Waals surface area contributed by atoms with E-state index < -0.39 is 0 Å². The number of hydrogen-bond acceptors (Lipinski definition) is 4. The number of rotatable bonds is 6. The maximum absolute atomic E-state index is 12.9. The van der Waals surface area contributed by atoms with Crippen LogP contribution in [0.5, 0.6) is 0 Å². The Morgan fingerprint density at radius 3 is 2.54 bits per heavy atom. The van der Waals surface area contributed by atoms with E-state index in [0.29, 0.717) is 18.7 Å². The van der Waals surface area contributed by atoms with Gasteiger partial charge in [-0.3, -0.25) is 14.5 Å². The Bertz CT molecular complexity index is 726. The summed E-state index contributed by atoms with van der Waals surface area (Å²) in [6, 6.07) is 9.59. The van der Waals surface area contributed by atoms with Crippen LogP contribution in [0.25, 0.3) is 0 Å². The number of likely N-dealkylation sites (tertiary alicyclic amines) is 1. The first-order chi connectivity index (χ1) is 12.6. The van der Waals surface area contributed by atoms with Crippen LogP contribution in [0.3, 0.4) is 0 Å². The lowest BCUT2D eigenvalue weighted by atomic mass is 10.0. The summed E-state index contributed by atoms with van der Waals surface area (Å²) in [6.45, 7) is 2.48. The van der Waals surface area contributed by atoms with Gasteiger partial charge in [0.05, 0.1) is 13.1 Å². The molecule has 1 aliphatic rings. The van der Waals surface area contributed by atoms with E-state index in [1.807, 2.05) is 17.5 Å². The van der Waals surface area contributed by atoms with Gasteiger partial charge in [0.1, 0.15) is 5.82 Å². The third-order valence-corrected chi connectivity index (χ3v) is 5.31. The Hall–Kier alpha value is -2.25. The lowest BCUT2D eigenvalue weighted by Gasteiger charge is -2.31. The monoisotopic (exact) mass is 375 g/mol. The zero-order valence-electron chi connectivity index (χ0n) is 14.4. The van der Waals surface area contributed by atoms with Crippen LogP contribution in [-0.2, 0) is 11.3 Å². The molecule has 138 valence electrons. The summed E-state index contributed by atoms with van der Waals surface area (Å²) >= 11 is 1.63. The summed E-state index contributed by atoms with van der Waals surface area (Å²) in [6.07, 6.45) is 1.59. The largest absolute Gasteiger partial charge is 0.350 e. The number of benzene rings is 1. The Labute approximate surface area is 156 Å². The minimum absolute atomic E-state index is 0.0206. The molecule has 1 fully saturated rings. The van der Waals surface area contributed by atoms with E-state index in [1.165, 1.54) is 24.3 Å². The highest BCUT2D eigenvalue weighted by atomic mass is 32.1. The van der Waals surface area contributed by atoms with Crippen molar-refractivity contribution >= 4 is 23.2 Å². The van der Waals surface area contributed by atoms with Gasteiger partial charge in [0, 0.05) is 29.6 Å². The van der Waals surface area contributed by atoms with Crippen LogP contribution in [-0.4, -0.2) is 42.4 Å². The molecule has 0 bridgehead atoms. The summed E-state index contributed by atoms with van der Waals surface area (Å²) in [5.74, 6) is -0.517. The number of carbonyl (C=O) groups excluding carboxylic acids is 2. The molecule has 2 N–H and O–H groups in total. The molecule has 0 atom stereocenters. The van der Waals surface area contributed by atoms with Crippen LogP contribution in [0, 0.1) is 5.82 Å². The van der Waals surface area contributed by atoms with Crippen molar-refractivity contribution in [2.45, 2.75) is 25.4 Å². The molecule has 26 heavy (non-hydrogen) atoms. The van der Waals surface area contributed by atoms with Gasteiger partial charge in [-0.15, -0.1) is 11.3 Å². The highest BCUT2D eigenvalue weighted by molar-refractivity contribution is 7.09. The van der Waals surface area contributed by atoms with Gasteiger partial charge >= 0.3 is 0 Å². The Morgan fingerprint density at radius 1 is 1.15 bits per heavy atom. The molecule has 1 aromatic heterocycles. The molecular formula is C19H22FN3O2S. The number of nitrogens with zero attached hydrogens (tertiary/aromatic N) is 1. The number of halogens is 1. The number of nitrogens with one attached hydrogen (secondary N) is 2. The predicted octanol–water partition coefficient (Wildman–Crippen LogP) is 2.40. The molecule has 2 amide bonds. The molecular weight excluding hydrogens is 353 g/mol. The summed E-state index contributed by atoms with van der Waals surface area (Å²) in [5, 5.41) is 7.91. The Balaban J connectivity index is 1.37. The maximum atomic E-state index is 12.9. The van der Waals surface area contributed by atoms with Crippen molar-refractivity contribution in [1.82, 2.24) is 15.5 Å². The van der Waals surface area contributed by atoms with Crippen molar-refractivity contribution in [3.8, 4) is 0 Å². The smallest absolute Gasteiger partial charge is 0.251 e. The minimum Gasteiger partial charge on any atom is -0.350 e. The fraction of sp³-hybridized carbons (Fsp3) is 0.368. The number of carbonyl (C=O) groups is 2. The first-order valence-electron chi connectivity index (χ1n) is 8.68. The van der Waals surface area contributed by atoms with Crippen molar-refractivity contribution in [2.75, 3.05) is 19.6 Å². The molecule has 5 nitrogen and oxygen atoms in total. The molecule has 7 heteroatoms. The molecule has 2 heterocycles. The highest BCUT2D eigenvalue weighted by Gasteiger charge is 2.22. The summed E-state index contributed by atoms with van der Waals surface area (Å²) in [5.41, 5.74) is 0.460. The van der Waals surface area contributed by atoms with Gasteiger partial charge in [0.15, 0.2) is 0 Å². The Kier molecular flexibility index (Phi) is 6.35. The standard InChI is InChI=1S/C19H22FN3O2S/c20-15-5-3-14(4-6-15)19(25)22-16-7-9-23(10-8-16)13-18(24)21-12-17-2-1-11-26-17/h1-6,11,16H,7-10,12-13H2,(H,21,24)(H,22,25). The van der Waals surface area contributed by atoms with E-state index in [0.717, 1.165) is 30.8 Å². The molecule has 0 saturated carbocycles. The topological polar surface area (TPSA) is 61.4 Å². The van der Waals surface area contributed by atoms with Crippen molar-refractivity contribution < 1.29 is 14.0 Å². The zero-order chi connectivity index (χ0) is 18.4. The number of hydrogen-bond donors (Lipinski definition) is 2. The molecule has 0 radical (unpaired) electrons. The van der Waals surface area contributed by atoms with Gasteiger partial charge in [0.25, 0.3) is 5.91 Å². The van der Waals surface area contributed by atoms with E-state index in [4.69, 9.17) is 0 Å². The summed E-state index contributed by atoms with van der Waals surface area (Å²) in [4.78, 5) is 27.4. The highest BCUT2D eigenvalue weighted by Crippen LogP contribution is 2.12. The third kappa shape index (κ3) is 5.37. The minimum atomic E-state index is -0.354. The van der Waals surface area contributed by atoms with Gasteiger partial charge in [-0.05, 0) is 48.6 Å². The molecule has 1 saturated heterocycles. The summed E-state index contributed by atoms with van der Waals surface area (Å²) < 4.78 is 12.9. The van der Waals surface area contributed by atoms with E-state index in [2.05, 4.69) is 15.5 Å². The Morgan fingerprint density at radius 2 is 1.88 bits per heavy atom. The number of amides is 2. The molecule has 1 aliphatic heterocycles. The molecule has 2 aromatic rings. The van der Waals surface area contributed by atoms with Crippen LogP contribution in [0.2, 0.25) is 0 Å². The van der Waals surface area contributed by atoms with Crippen LogP contribution >= 0.6 is 11.3 Å². The van der Waals surface area contributed by atoms with Crippen molar-refractivity contribution in [1.29, 1.82) is 0 Å². The molecule has 1 aromatic carbocycles. The van der Waals surface area contributed by atoms with Gasteiger partial charge in [-0.2, -0.15) is 0 Å². The lowest BCUT2D eigenvalue weighted by Crippen LogP contribution is -2.47. The van der Waals surface area contributed by atoms with E-state index in [-0.39, 0.29) is 23.7 Å². The molecule has 0 spiro atoms. The van der Waals surface area contributed by atoms with Gasteiger partial charge < -0.3 is 10.6 Å². The first-order valence-corrected chi connectivity index (χ1v) is 9.56. The quantitative estimate of drug-likeness (QED) is 0.815. The van der Waals surface area contributed by atoms with Crippen LogP contribution in [0.15, 0.2) is 41.8 Å². The number of piperidine rings is 1. The SMILES string of the molecule is O=C(CN1CCC(NC(=O)c2ccc(F)cc2)CC1)NCc1cccs1. The van der Waals surface area contributed by atoms with Gasteiger partial charge in [-0.25, -0.2) is 4.39 Å². The molecule has 3 rings (SSSR count). The third-order valence-electron chi connectivity index (χ3n) is 4.44. The van der Waals surface area contributed by atoms with Crippen molar-refractivity contribution in [3.63, 3.8) is 0 Å². The average molecular weight is 375 g/mol. The van der Waals surface area contributed by atoms with Crippen molar-refractivity contribution in [3.05, 3.63) is 58.0 Å². The maximum Gasteiger partial charge on any atom is 0.251 e. The number of thiophene rings is 1. The average Bonchev–Trinajstić information content (AvgIpc) is 3.16. The first kappa shape index (κ1) is 18.5. The van der Waals surface area contributed by atoms with Crippen LogP contribution < -0.4 is 10.6 Å². The van der Waals surface area contributed by atoms with E-state index in [9.17, 15) is 14.0 Å². The van der Waals surface area contributed by atoms with Crippen LogP contribution in [0.4, 0.5) is 4.39 Å². The van der Waals surface area contributed by atoms with Gasteiger partial charge in [0.2, 0.25) is 5.91 Å². The second kappa shape index (κ2) is 8.91. The molecule has 0 unspecified atom stereocenters. The fourth-order valence-electron chi connectivity index (χ4n) is 2.96. The fourth-order valence-corrected chi connectivity index (χ4v) is 3.61. The van der Waals surface area contributed by atoms with Gasteiger partial charge in [-0.1, -0.05) is 6.07 Å². The lowest BCUT2D eigenvalue weighted by molar-refractivity contribution is -0.122. The second-order valence-corrected chi connectivity index (χ2v) is 7.42. The molecule has 0 aliphatic carbocycles.